The van der Waals surface area contributed by atoms with Crippen LogP contribution in [0.2, 0.25) is 5.15 Å². The summed E-state index contributed by atoms with van der Waals surface area (Å²) in [4.78, 5) is 20.4. The van der Waals surface area contributed by atoms with Crippen LogP contribution in [0.25, 0.3) is 0 Å². The van der Waals surface area contributed by atoms with Crippen LogP contribution in [0.5, 0.6) is 0 Å². The molecule has 2 heterocycles. The fourth-order valence-corrected chi connectivity index (χ4v) is 2.62. The summed E-state index contributed by atoms with van der Waals surface area (Å²) in [5.41, 5.74) is 3.76. The fourth-order valence-electron chi connectivity index (χ4n) is 2.38. The van der Waals surface area contributed by atoms with Crippen LogP contribution in [0.4, 0.5) is 5.95 Å². The molecule has 1 aliphatic heterocycles. The molecule has 0 spiro atoms. The van der Waals surface area contributed by atoms with Crippen LogP contribution in [-0.2, 0) is 13.0 Å². The summed E-state index contributed by atoms with van der Waals surface area (Å²) in [5.74, 6) is -0.00844. The Bertz CT molecular complexity index is 682. The Hall–Kier alpha value is -1.98. The Labute approximate surface area is 127 Å². The van der Waals surface area contributed by atoms with E-state index in [1.54, 1.807) is 13.0 Å². The summed E-state index contributed by atoms with van der Waals surface area (Å²) < 4.78 is 0. The van der Waals surface area contributed by atoms with Crippen LogP contribution < -0.4 is 10.6 Å². The van der Waals surface area contributed by atoms with Gasteiger partial charge in [0.1, 0.15) is 5.15 Å². The molecule has 1 aliphatic rings. The van der Waals surface area contributed by atoms with Gasteiger partial charge in [0.15, 0.2) is 0 Å². The molecular weight excluding hydrogens is 288 g/mol. The lowest BCUT2D eigenvalue weighted by Crippen LogP contribution is -2.24. The van der Waals surface area contributed by atoms with E-state index < -0.39 is 0 Å². The van der Waals surface area contributed by atoms with Gasteiger partial charge in [-0.25, -0.2) is 9.97 Å². The normalized spacial score (nSPS) is 13.6. The van der Waals surface area contributed by atoms with E-state index in [-0.39, 0.29) is 11.9 Å². The van der Waals surface area contributed by atoms with Crippen molar-refractivity contribution in [3.05, 3.63) is 51.8 Å². The van der Waals surface area contributed by atoms with Crippen molar-refractivity contribution in [3.63, 3.8) is 0 Å². The number of fused-ring (bicyclic) bond motifs is 1. The minimum absolute atomic E-state index is 0.223. The Morgan fingerprint density at radius 3 is 2.95 bits per heavy atom. The standard InChI is InChI=1S/C15H15ClN4O/c1-9-6-13(16)19-15(18-9)20-14(21)11-3-2-10-4-5-17-8-12(10)7-11/h2-3,6-7,17H,4-5,8H2,1H3,(H,18,19,20,21). The quantitative estimate of drug-likeness (QED) is 0.836. The van der Waals surface area contributed by atoms with E-state index in [0.29, 0.717) is 16.4 Å². The third kappa shape index (κ3) is 3.20. The van der Waals surface area contributed by atoms with Gasteiger partial charge in [0.05, 0.1) is 0 Å². The maximum absolute atomic E-state index is 12.3. The van der Waals surface area contributed by atoms with Gasteiger partial charge < -0.3 is 5.32 Å². The molecule has 3 rings (SSSR count). The summed E-state index contributed by atoms with van der Waals surface area (Å²) in [6.07, 6.45) is 0.994. The number of anilines is 1. The largest absolute Gasteiger partial charge is 0.312 e. The third-order valence-electron chi connectivity index (χ3n) is 3.40. The van der Waals surface area contributed by atoms with Crippen LogP contribution in [0.3, 0.4) is 0 Å². The van der Waals surface area contributed by atoms with Gasteiger partial charge in [-0.1, -0.05) is 17.7 Å². The Morgan fingerprint density at radius 2 is 2.14 bits per heavy atom. The maximum Gasteiger partial charge on any atom is 0.258 e. The number of rotatable bonds is 2. The van der Waals surface area contributed by atoms with Crippen molar-refractivity contribution in [1.82, 2.24) is 15.3 Å². The highest BCUT2D eigenvalue weighted by atomic mass is 35.5. The first-order valence-corrected chi connectivity index (χ1v) is 7.15. The van der Waals surface area contributed by atoms with Crippen molar-refractivity contribution in [2.45, 2.75) is 19.9 Å². The zero-order valence-corrected chi connectivity index (χ0v) is 12.4. The van der Waals surface area contributed by atoms with Gasteiger partial charge >= 0.3 is 0 Å². The lowest BCUT2D eigenvalue weighted by atomic mass is 9.98. The predicted molar refractivity (Wildman–Crippen MR) is 81.6 cm³/mol. The van der Waals surface area contributed by atoms with Crippen molar-refractivity contribution in [2.75, 3.05) is 11.9 Å². The van der Waals surface area contributed by atoms with Crippen LogP contribution >= 0.6 is 11.6 Å². The van der Waals surface area contributed by atoms with E-state index in [1.807, 2.05) is 18.2 Å². The van der Waals surface area contributed by atoms with Crippen LogP contribution in [0, 0.1) is 6.92 Å². The first-order valence-electron chi connectivity index (χ1n) is 6.77. The van der Waals surface area contributed by atoms with Gasteiger partial charge in [0.2, 0.25) is 5.95 Å². The molecule has 0 radical (unpaired) electrons. The smallest absolute Gasteiger partial charge is 0.258 e. The molecule has 1 amide bonds. The minimum atomic E-state index is -0.231. The van der Waals surface area contributed by atoms with Crippen molar-refractivity contribution in [2.24, 2.45) is 0 Å². The molecule has 5 nitrogen and oxygen atoms in total. The van der Waals surface area contributed by atoms with Crippen molar-refractivity contribution in [3.8, 4) is 0 Å². The first-order chi connectivity index (χ1) is 10.1. The molecule has 0 saturated heterocycles. The highest BCUT2D eigenvalue weighted by Crippen LogP contribution is 2.17. The molecule has 0 bridgehead atoms. The Balaban J connectivity index is 1.82. The second kappa shape index (κ2) is 5.79. The SMILES string of the molecule is Cc1cc(Cl)nc(NC(=O)c2ccc3c(c2)CNCC3)n1. The zero-order chi connectivity index (χ0) is 14.8. The molecule has 0 aliphatic carbocycles. The highest BCUT2D eigenvalue weighted by molar-refractivity contribution is 6.29. The average molecular weight is 303 g/mol. The van der Waals surface area contributed by atoms with E-state index in [9.17, 15) is 4.79 Å². The number of benzene rings is 1. The number of hydrogen-bond acceptors (Lipinski definition) is 4. The van der Waals surface area contributed by atoms with E-state index in [0.717, 1.165) is 25.1 Å². The number of halogens is 1. The summed E-state index contributed by atoms with van der Waals surface area (Å²) in [7, 11) is 0. The van der Waals surface area contributed by atoms with Crippen LogP contribution in [0.1, 0.15) is 27.2 Å². The fraction of sp³-hybridized carbons (Fsp3) is 0.267. The molecule has 1 aromatic heterocycles. The summed E-state index contributed by atoms with van der Waals surface area (Å²) in [5, 5.41) is 6.29. The lowest BCUT2D eigenvalue weighted by molar-refractivity contribution is 0.102. The van der Waals surface area contributed by atoms with Crippen molar-refractivity contribution < 1.29 is 4.79 Å². The summed E-state index contributed by atoms with van der Waals surface area (Å²) in [6, 6.07) is 7.39. The Morgan fingerprint density at radius 1 is 1.29 bits per heavy atom. The van der Waals surface area contributed by atoms with Crippen molar-refractivity contribution >= 4 is 23.5 Å². The monoisotopic (exact) mass is 302 g/mol. The van der Waals surface area contributed by atoms with Gasteiger partial charge in [-0.05, 0) is 49.2 Å². The molecule has 0 unspecified atom stereocenters. The molecule has 0 fully saturated rings. The summed E-state index contributed by atoms with van der Waals surface area (Å²) in [6.45, 7) is 3.57. The molecule has 108 valence electrons. The number of carbonyl (C=O) groups excluding carboxylic acids is 1. The maximum atomic E-state index is 12.3. The van der Waals surface area contributed by atoms with E-state index in [4.69, 9.17) is 11.6 Å². The molecule has 2 N–H and O–H groups in total. The van der Waals surface area contributed by atoms with Crippen LogP contribution in [-0.4, -0.2) is 22.4 Å². The van der Waals surface area contributed by atoms with E-state index >= 15 is 0 Å². The van der Waals surface area contributed by atoms with Gasteiger partial charge in [-0.2, -0.15) is 0 Å². The van der Waals surface area contributed by atoms with E-state index in [2.05, 4.69) is 20.6 Å². The number of amides is 1. The molecule has 1 aromatic carbocycles. The molecule has 0 saturated carbocycles. The number of hydrogen-bond donors (Lipinski definition) is 2. The van der Waals surface area contributed by atoms with Gasteiger partial charge in [0.25, 0.3) is 5.91 Å². The Kier molecular flexibility index (Phi) is 3.86. The second-order valence-corrected chi connectivity index (χ2v) is 5.41. The molecular formula is C15H15ClN4O. The van der Waals surface area contributed by atoms with Gasteiger partial charge in [-0.15, -0.1) is 0 Å². The predicted octanol–water partition coefficient (Wildman–Crippen LogP) is 2.34. The molecule has 0 atom stereocenters. The average Bonchev–Trinajstić information content (AvgIpc) is 2.45. The van der Waals surface area contributed by atoms with Gasteiger partial charge in [0, 0.05) is 17.8 Å². The van der Waals surface area contributed by atoms with E-state index in [1.165, 1.54) is 5.56 Å². The summed E-state index contributed by atoms with van der Waals surface area (Å²) >= 11 is 5.86. The molecule has 21 heavy (non-hydrogen) atoms. The number of nitrogens with zero attached hydrogens (tertiary/aromatic N) is 2. The molecule has 6 heteroatoms. The molecule has 2 aromatic rings. The first kappa shape index (κ1) is 14.0. The van der Waals surface area contributed by atoms with Gasteiger partial charge in [-0.3, -0.25) is 10.1 Å². The topological polar surface area (TPSA) is 66.9 Å². The lowest BCUT2D eigenvalue weighted by Gasteiger charge is -2.17. The number of aromatic nitrogens is 2. The third-order valence-corrected chi connectivity index (χ3v) is 3.60. The van der Waals surface area contributed by atoms with Crippen LogP contribution in [0.15, 0.2) is 24.3 Å². The highest BCUT2D eigenvalue weighted by Gasteiger charge is 2.13. The number of aryl methyl sites for hydroxylation is 1. The zero-order valence-electron chi connectivity index (χ0n) is 11.6. The number of carbonyl (C=O) groups is 1. The second-order valence-electron chi connectivity index (χ2n) is 5.02. The van der Waals surface area contributed by atoms with Crippen molar-refractivity contribution in [1.29, 1.82) is 0 Å². The number of nitrogens with one attached hydrogen (secondary N) is 2. The minimum Gasteiger partial charge on any atom is -0.312 e.